The zero-order valence-corrected chi connectivity index (χ0v) is 22.5. The summed E-state index contributed by atoms with van der Waals surface area (Å²) in [6.45, 7) is 8.73. The largest absolute Gasteiger partial charge is 0.469 e. The summed E-state index contributed by atoms with van der Waals surface area (Å²) in [5.74, 6) is 2.94. The topological polar surface area (TPSA) is 69.4 Å². The standard InChI is InChI=1S/C31H41NO4/c1-17(2)10-20-12-23(13-20)30-28(21-8-9-21)29(32-36-30)26-15-24(31(34)35-5)14-25(26)27(33)16-22-7-6-18(3)11-19(22)4/h6-7,11,17,20-21,23-26H,8-10,12-16H2,1-5H3/t20?,23?,24-,25+,26+/m0/s1. The number of hydrogen-bond acceptors (Lipinski definition) is 5. The first-order chi connectivity index (χ1) is 17.2. The Morgan fingerprint density at radius 2 is 1.83 bits per heavy atom. The van der Waals surface area contributed by atoms with Gasteiger partial charge in [0.2, 0.25) is 0 Å². The van der Waals surface area contributed by atoms with Crippen molar-refractivity contribution in [1.82, 2.24) is 5.16 Å². The number of carbonyl (C=O) groups is 2. The van der Waals surface area contributed by atoms with Crippen molar-refractivity contribution in [3.63, 3.8) is 0 Å². The summed E-state index contributed by atoms with van der Waals surface area (Å²) in [6, 6.07) is 6.27. The van der Waals surface area contributed by atoms with Gasteiger partial charge in [0, 0.05) is 29.7 Å². The summed E-state index contributed by atoms with van der Waals surface area (Å²) in [5, 5.41) is 4.66. The first-order valence-electron chi connectivity index (χ1n) is 13.9. The van der Waals surface area contributed by atoms with Gasteiger partial charge in [0.25, 0.3) is 0 Å². The Hall–Kier alpha value is -2.43. The lowest BCUT2D eigenvalue weighted by molar-refractivity contribution is -0.145. The highest BCUT2D eigenvalue weighted by Gasteiger charge is 2.48. The number of hydrogen-bond donors (Lipinski definition) is 0. The van der Waals surface area contributed by atoms with Gasteiger partial charge in [-0.15, -0.1) is 0 Å². The Bertz CT molecular complexity index is 1120. The maximum atomic E-state index is 13.7. The molecule has 1 heterocycles. The predicted molar refractivity (Wildman–Crippen MR) is 139 cm³/mol. The van der Waals surface area contributed by atoms with Gasteiger partial charge in [-0.25, -0.2) is 0 Å². The molecule has 0 aliphatic heterocycles. The molecule has 0 N–H and O–H groups in total. The van der Waals surface area contributed by atoms with Crippen LogP contribution < -0.4 is 0 Å². The SMILES string of the molecule is COC(=O)[C@H]1C[C@@H](C(=O)Cc2ccc(C)cc2C)[C@H](c2noc(C3CC(CC(C)C)C3)c2C2CC2)C1. The van der Waals surface area contributed by atoms with Crippen LogP contribution in [-0.4, -0.2) is 24.0 Å². The number of methoxy groups -OCH3 is 1. The minimum absolute atomic E-state index is 0.0769. The predicted octanol–water partition coefficient (Wildman–Crippen LogP) is 6.80. The summed E-state index contributed by atoms with van der Waals surface area (Å²) in [6.07, 6.45) is 7.50. The Kier molecular flexibility index (Phi) is 7.11. The molecule has 1 aromatic carbocycles. The first kappa shape index (κ1) is 25.2. The average molecular weight is 492 g/mol. The minimum atomic E-state index is -0.264. The second-order valence-corrected chi connectivity index (χ2v) is 12.3. The number of aromatic nitrogens is 1. The van der Waals surface area contributed by atoms with Crippen LogP contribution in [0.25, 0.3) is 0 Å². The fraction of sp³-hybridized carbons (Fsp3) is 0.645. The van der Waals surface area contributed by atoms with Crippen molar-refractivity contribution in [2.75, 3.05) is 7.11 Å². The summed E-state index contributed by atoms with van der Waals surface area (Å²) in [7, 11) is 1.44. The van der Waals surface area contributed by atoms with Crippen molar-refractivity contribution in [2.24, 2.45) is 23.7 Å². The molecule has 5 rings (SSSR count). The van der Waals surface area contributed by atoms with Crippen molar-refractivity contribution < 1.29 is 18.8 Å². The molecule has 1 aromatic heterocycles. The average Bonchev–Trinajstić information content (AvgIpc) is 3.40. The molecule has 3 fully saturated rings. The maximum absolute atomic E-state index is 13.7. The summed E-state index contributed by atoms with van der Waals surface area (Å²) < 4.78 is 11.2. The Morgan fingerprint density at radius 3 is 2.47 bits per heavy atom. The van der Waals surface area contributed by atoms with E-state index >= 15 is 0 Å². The van der Waals surface area contributed by atoms with Crippen molar-refractivity contribution in [2.45, 2.75) is 96.8 Å². The number of esters is 1. The first-order valence-corrected chi connectivity index (χ1v) is 13.9. The Labute approximate surface area is 215 Å². The van der Waals surface area contributed by atoms with E-state index in [0.717, 1.165) is 47.3 Å². The third-order valence-electron chi connectivity index (χ3n) is 8.91. The zero-order chi connectivity index (χ0) is 25.6. The number of Topliss-reactive ketones (excluding diaryl/α,β-unsaturated/α-hetero) is 1. The molecular weight excluding hydrogens is 450 g/mol. The van der Waals surface area contributed by atoms with Gasteiger partial charge >= 0.3 is 5.97 Å². The van der Waals surface area contributed by atoms with Crippen LogP contribution in [0.15, 0.2) is 22.7 Å². The number of carbonyl (C=O) groups excluding carboxylic acids is 2. The molecule has 0 spiro atoms. The van der Waals surface area contributed by atoms with Gasteiger partial charge in [0.05, 0.1) is 18.7 Å². The molecular formula is C31H41NO4. The van der Waals surface area contributed by atoms with Gasteiger partial charge in [-0.2, -0.15) is 0 Å². The van der Waals surface area contributed by atoms with Crippen LogP contribution >= 0.6 is 0 Å². The smallest absolute Gasteiger partial charge is 0.308 e. The lowest BCUT2D eigenvalue weighted by atomic mass is 9.69. The fourth-order valence-electron chi connectivity index (χ4n) is 6.89. The molecule has 2 aromatic rings. The van der Waals surface area contributed by atoms with E-state index in [-0.39, 0.29) is 29.5 Å². The number of benzene rings is 1. The van der Waals surface area contributed by atoms with Gasteiger partial charge in [-0.1, -0.05) is 42.8 Å². The molecule has 5 nitrogen and oxygen atoms in total. The van der Waals surface area contributed by atoms with E-state index in [0.29, 0.717) is 31.1 Å². The van der Waals surface area contributed by atoms with Gasteiger partial charge < -0.3 is 9.26 Å². The third kappa shape index (κ3) is 5.03. The van der Waals surface area contributed by atoms with Crippen LogP contribution in [0.2, 0.25) is 0 Å². The van der Waals surface area contributed by atoms with E-state index in [4.69, 9.17) is 9.26 Å². The van der Waals surface area contributed by atoms with Gasteiger partial charge in [0.1, 0.15) is 11.5 Å². The van der Waals surface area contributed by atoms with Crippen molar-refractivity contribution in [3.05, 3.63) is 51.9 Å². The molecule has 3 aliphatic carbocycles. The van der Waals surface area contributed by atoms with E-state index in [2.05, 4.69) is 51.1 Å². The second kappa shape index (κ2) is 10.1. The van der Waals surface area contributed by atoms with Crippen LogP contribution in [0.1, 0.15) is 110 Å². The number of ether oxygens (including phenoxy) is 1. The molecule has 36 heavy (non-hydrogen) atoms. The highest BCUT2D eigenvalue weighted by molar-refractivity contribution is 5.86. The summed E-state index contributed by atoms with van der Waals surface area (Å²) in [4.78, 5) is 26.3. The molecule has 3 aliphatic rings. The summed E-state index contributed by atoms with van der Waals surface area (Å²) >= 11 is 0. The van der Waals surface area contributed by atoms with E-state index in [1.807, 2.05) is 0 Å². The van der Waals surface area contributed by atoms with Crippen molar-refractivity contribution in [3.8, 4) is 0 Å². The maximum Gasteiger partial charge on any atom is 0.308 e. The molecule has 5 heteroatoms. The lowest BCUT2D eigenvalue weighted by Gasteiger charge is -2.35. The quantitative estimate of drug-likeness (QED) is 0.361. The molecule has 0 bridgehead atoms. The normalized spacial score (nSPS) is 27.8. The monoisotopic (exact) mass is 491 g/mol. The fourth-order valence-corrected chi connectivity index (χ4v) is 6.89. The molecule has 3 saturated carbocycles. The highest BCUT2D eigenvalue weighted by Crippen LogP contribution is 2.55. The number of nitrogens with zero attached hydrogens (tertiary/aromatic N) is 1. The van der Waals surface area contributed by atoms with Crippen LogP contribution in [0.4, 0.5) is 0 Å². The van der Waals surface area contributed by atoms with E-state index in [1.54, 1.807) is 0 Å². The zero-order valence-electron chi connectivity index (χ0n) is 22.5. The molecule has 194 valence electrons. The molecule has 3 atom stereocenters. The van der Waals surface area contributed by atoms with Crippen LogP contribution in [0.5, 0.6) is 0 Å². The van der Waals surface area contributed by atoms with Gasteiger partial charge in [-0.05, 0) is 87.7 Å². The van der Waals surface area contributed by atoms with E-state index in [1.165, 1.54) is 37.5 Å². The molecule has 0 unspecified atom stereocenters. The van der Waals surface area contributed by atoms with E-state index in [9.17, 15) is 9.59 Å². The third-order valence-corrected chi connectivity index (χ3v) is 8.91. The molecule has 0 radical (unpaired) electrons. The van der Waals surface area contributed by atoms with Crippen molar-refractivity contribution in [1.29, 1.82) is 0 Å². The molecule has 0 saturated heterocycles. The minimum Gasteiger partial charge on any atom is -0.469 e. The van der Waals surface area contributed by atoms with Crippen LogP contribution in [0.3, 0.4) is 0 Å². The number of rotatable bonds is 9. The molecule has 0 amide bonds. The Morgan fingerprint density at radius 1 is 1.08 bits per heavy atom. The van der Waals surface area contributed by atoms with Crippen molar-refractivity contribution >= 4 is 11.8 Å². The number of ketones is 1. The highest BCUT2D eigenvalue weighted by atomic mass is 16.5. The number of aryl methyl sites for hydroxylation is 2. The van der Waals surface area contributed by atoms with E-state index < -0.39 is 0 Å². The van der Waals surface area contributed by atoms with Gasteiger partial charge in [-0.3, -0.25) is 9.59 Å². The summed E-state index contributed by atoms with van der Waals surface area (Å²) in [5.41, 5.74) is 5.66. The van der Waals surface area contributed by atoms with Crippen LogP contribution in [-0.2, 0) is 20.7 Å². The van der Waals surface area contributed by atoms with Gasteiger partial charge in [0.15, 0.2) is 0 Å². The van der Waals surface area contributed by atoms with Crippen LogP contribution in [0, 0.1) is 37.5 Å². The lowest BCUT2D eigenvalue weighted by Crippen LogP contribution is -2.24. The second-order valence-electron chi connectivity index (χ2n) is 12.3. The Balaban J connectivity index is 1.41.